The molecule has 0 radical (unpaired) electrons. The number of hydrogen-bond donors (Lipinski definition) is 0. The van der Waals surface area contributed by atoms with Gasteiger partial charge in [-0.2, -0.15) is 0 Å². The fraction of sp³-hybridized carbons (Fsp3) is 0.667. The number of Topliss-reactive ketones (excluding diaryl/α,β-unsaturated/α-hetero) is 1. The Balaban J connectivity index is 5.60. The van der Waals surface area contributed by atoms with Gasteiger partial charge < -0.3 is 0 Å². The molecule has 0 aromatic rings. The van der Waals surface area contributed by atoms with Crippen LogP contribution in [0.4, 0.5) is 0 Å². The van der Waals surface area contributed by atoms with Crippen LogP contribution in [0.15, 0.2) is 23.3 Å². The topological polar surface area (TPSA) is 17.1 Å². The maximum absolute atomic E-state index is 11.9. The molecule has 0 aromatic carbocycles. The zero-order chi connectivity index (χ0) is 12.9. The Labute approximate surface area is 101 Å². The van der Waals surface area contributed by atoms with E-state index in [1.54, 1.807) is 6.92 Å². The van der Waals surface area contributed by atoms with Gasteiger partial charge in [0.25, 0.3) is 0 Å². The van der Waals surface area contributed by atoms with Gasteiger partial charge in [-0.05, 0) is 44.6 Å². The fourth-order valence-electron chi connectivity index (χ4n) is 2.39. The Hall–Kier alpha value is -0.850. The van der Waals surface area contributed by atoms with Crippen molar-refractivity contribution in [2.75, 3.05) is 0 Å². The van der Waals surface area contributed by atoms with Gasteiger partial charge in [0, 0.05) is 5.57 Å². The smallest absolute Gasteiger partial charge is 0.156 e. The highest BCUT2D eigenvalue weighted by atomic mass is 16.1. The van der Waals surface area contributed by atoms with Crippen molar-refractivity contribution in [1.29, 1.82) is 0 Å². The van der Waals surface area contributed by atoms with Gasteiger partial charge in [-0.1, -0.05) is 39.3 Å². The van der Waals surface area contributed by atoms with Gasteiger partial charge in [0.05, 0.1) is 0 Å². The molecule has 0 aliphatic carbocycles. The lowest BCUT2D eigenvalue weighted by Gasteiger charge is -2.31. The normalized spacial score (nSPS) is 16.4. The van der Waals surface area contributed by atoms with E-state index in [1.165, 1.54) is 0 Å². The zero-order valence-electron chi connectivity index (χ0n) is 11.7. The van der Waals surface area contributed by atoms with Crippen LogP contribution < -0.4 is 0 Å². The number of rotatable bonds is 6. The first-order valence-electron chi connectivity index (χ1n) is 6.18. The third kappa shape index (κ3) is 3.33. The Morgan fingerprint density at radius 1 is 1.19 bits per heavy atom. The second-order valence-electron chi connectivity index (χ2n) is 5.00. The third-order valence-electron chi connectivity index (χ3n) is 3.55. The molecule has 0 aliphatic heterocycles. The summed E-state index contributed by atoms with van der Waals surface area (Å²) in [5.74, 6) is 0.193. The highest BCUT2D eigenvalue weighted by molar-refractivity contribution is 5.96. The fourth-order valence-corrected chi connectivity index (χ4v) is 2.39. The first-order chi connectivity index (χ1) is 7.30. The molecule has 0 heterocycles. The molecule has 0 rings (SSSR count). The lowest BCUT2D eigenvalue weighted by molar-refractivity contribution is -0.114. The minimum Gasteiger partial charge on any atom is -0.295 e. The van der Waals surface area contributed by atoms with Crippen molar-refractivity contribution in [3.63, 3.8) is 0 Å². The van der Waals surface area contributed by atoms with Crippen LogP contribution in [-0.4, -0.2) is 5.78 Å². The molecule has 0 bridgehead atoms. The Morgan fingerprint density at radius 2 is 1.69 bits per heavy atom. The van der Waals surface area contributed by atoms with Crippen LogP contribution in [0.3, 0.4) is 0 Å². The molecule has 0 spiro atoms. The largest absolute Gasteiger partial charge is 0.295 e. The molecule has 1 unspecified atom stereocenters. The molecular weight excluding hydrogens is 196 g/mol. The van der Waals surface area contributed by atoms with Crippen LogP contribution >= 0.6 is 0 Å². The minimum absolute atomic E-state index is 0.00359. The van der Waals surface area contributed by atoms with E-state index in [9.17, 15) is 4.79 Å². The Morgan fingerprint density at radius 3 is 1.94 bits per heavy atom. The first kappa shape index (κ1) is 15.2. The number of hydrogen-bond acceptors (Lipinski definition) is 1. The molecule has 0 aromatic heterocycles. The lowest BCUT2D eigenvalue weighted by Crippen LogP contribution is -2.24. The summed E-state index contributed by atoms with van der Waals surface area (Å²) in [5.41, 5.74) is 3.06. The third-order valence-corrected chi connectivity index (χ3v) is 3.55. The summed E-state index contributed by atoms with van der Waals surface area (Å²) in [6.07, 6.45) is 3.16. The summed E-state index contributed by atoms with van der Waals surface area (Å²) < 4.78 is 0. The van der Waals surface area contributed by atoms with Crippen molar-refractivity contribution < 1.29 is 4.79 Å². The van der Waals surface area contributed by atoms with Gasteiger partial charge in [0.15, 0.2) is 5.78 Å². The first-order valence-corrected chi connectivity index (χ1v) is 6.18. The molecule has 0 saturated carbocycles. The second kappa shape index (κ2) is 6.03. The molecule has 1 heteroatoms. The van der Waals surface area contributed by atoms with E-state index in [1.807, 2.05) is 13.8 Å². The molecule has 0 aliphatic rings. The van der Waals surface area contributed by atoms with E-state index >= 15 is 0 Å². The molecule has 0 fully saturated rings. The van der Waals surface area contributed by atoms with Crippen LogP contribution in [0.25, 0.3) is 0 Å². The van der Waals surface area contributed by atoms with E-state index in [0.29, 0.717) is 0 Å². The lowest BCUT2D eigenvalue weighted by atomic mass is 9.72. The van der Waals surface area contributed by atoms with Crippen LogP contribution in [0.1, 0.15) is 60.8 Å². The van der Waals surface area contributed by atoms with E-state index in [4.69, 9.17) is 0 Å². The van der Waals surface area contributed by atoms with E-state index < -0.39 is 0 Å². The molecule has 1 atom stereocenters. The molecule has 0 amide bonds. The summed E-state index contributed by atoms with van der Waals surface area (Å²) in [6, 6.07) is 0. The zero-order valence-corrected chi connectivity index (χ0v) is 11.7. The SMILES string of the molecule is C=C(C)/C(C)=C(/C(C)=O)C(C)(CC)CCC. The highest BCUT2D eigenvalue weighted by Crippen LogP contribution is 2.39. The maximum Gasteiger partial charge on any atom is 0.156 e. The number of carbonyl (C=O) groups excluding carboxylic acids is 1. The van der Waals surface area contributed by atoms with E-state index in [-0.39, 0.29) is 11.2 Å². The van der Waals surface area contributed by atoms with Crippen LogP contribution in [0.5, 0.6) is 0 Å². The number of ketones is 1. The van der Waals surface area contributed by atoms with Gasteiger partial charge in [-0.25, -0.2) is 0 Å². The summed E-state index contributed by atoms with van der Waals surface area (Å²) in [4.78, 5) is 11.9. The van der Waals surface area contributed by atoms with E-state index in [2.05, 4.69) is 27.4 Å². The standard InChI is InChI=1S/C15H26O/c1-8-10-15(7,9-2)14(13(6)16)12(5)11(3)4/h3,8-10H2,1-2,4-7H3/b14-12-. The van der Waals surface area contributed by atoms with Crippen molar-refractivity contribution in [1.82, 2.24) is 0 Å². The van der Waals surface area contributed by atoms with Crippen molar-refractivity contribution in [3.05, 3.63) is 23.3 Å². The average Bonchev–Trinajstić information content (AvgIpc) is 2.17. The summed E-state index contributed by atoms with van der Waals surface area (Å²) >= 11 is 0. The molecule has 1 nitrogen and oxygen atoms in total. The quantitative estimate of drug-likeness (QED) is 0.471. The number of carbonyl (C=O) groups is 1. The van der Waals surface area contributed by atoms with Gasteiger partial charge in [0.1, 0.15) is 0 Å². The average molecular weight is 222 g/mol. The molecule has 16 heavy (non-hydrogen) atoms. The summed E-state index contributed by atoms with van der Waals surface area (Å²) in [6.45, 7) is 16.1. The van der Waals surface area contributed by atoms with Crippen molar-refractivity contribution >= 4 is 5.78 Å². The monoisotopic (exact) mass is 222 g/mol. The van der Waals surface area contributed by atoms with Gasteiger partial charge in [-0.3, -0.25) is 4.79 Å². The van der Waals surface area contributed by atoms with Crippen LogP contribution in [0, 0.1) is 5.41 Å². The maximum atomic E-state index is 11.9. The minimum atomic E-state index is 0.00359. The van der Waals surface area contributed by atoms with Gasteiger partial charge >= 0.3 is 0 Å². The molecule has 0 saturated heterocycles. The van der Waals surface area contributed by atoms with E-state index in [0.717, 1.165) is 36.0 Å². The highest BCUT2D eigenvalue weighted by Gasteiger charge is 2.30. The summed E-state index contributed by atoms with van der Waals surface area (Å²) in [7, 11) is 0. The molecule has 92 valence electrons. The van der Waals surface area contributed by atoms with Gasteiger partial charge in [0.2, 0.25) is 0 Å². The second-order valence-corrected chi connectivity index (χ2v) is 5.00. The number of allylic oxidation sites excluding steroid dienone is 3. The van der Waals surface area contributed by atoms with Crippen molar-refractivity contribution in [2.24, 2.45) is 5.41 Å². The molecular formula is C15H26O. The van der Waals surface area contributed by atoms with Gasteiger partial charge in [-0.15, -0.1) is 0 Å². The Kier molecular flexibility index (Phi) is 5.71. The van der Waals surface area contributed by atoms with Crippen molar-refractivity contribution in [3.8, 4) is 0 Å². The predicted octanol–water partition coefficient (Wildman–Crippen LogP) is 4.68. The van der Waals surface area contributed by atoms with Crippen LogP contribution in [0.2, 0.25) is 0 Å². The summed E-state index contributed by atoms with van der Waals surface area (Å²) in [5, 5.41) is 0. The Bertz CT molecular complexity index is 309. The predicted molar refractivity (Wildman–Crippen MR) is 71.5 cm³/mol. The van der Waals surface area contributed by atoms with Crippen molar-refractivity contribution in [2.45, 2.75) is 60.8 Å². The van der Waals surface area contributed by atoms with Crippen LogP contribution in [-0.2, 0) is 4.79 Å². The molecule has 0 N–H and O–H groups in total.